The molecule has 11 heteroatoms. The van der Waals surface area contributed by atoms with Gasteiger partial charge in [-0.25, -0.2) is 8.42 Å². The Morgan fingerprint density at radius 3 is 2.34 bits per heavy atom. The highest BCUT2D eigenvalue weighted by atomic mass is 32.2. The molecular weight excluding hydrogens is 521 g/mol. The van der Waals surface area contributed by atoms with Crippen molar-refractivity contribution in [1.29, 1.82) is 0 Å². The number of nitrogens with zero attached hydrogens (tertiary/aromatic N) is 2. The van der Waals surface area contributed by atoms with E-state index in [2.05, 4.69) is 0 Å². The van der Waals surface area contributed by atoms with Gasteiger partial charge in [0.15, 0.2) is 15.4 Å². The number of halogens is 3. The number of carbonyl (C=O) groups is 1. The van der Waals surface area contributed by atoms with Crippen LogP contribution < -0.4 is 4.74 Å². The van der Waals surface area contributed by atoms with Crippen LogP contribution in [-0.4, -0.2) is 55.3 Å². The first kappa shape index (κ1) is 25.0. The lowest BCUT2D eigenvalue weighted by atomic mass is 9.86. The van der Waals surface area contributed by atoms with E-state index in [1.807, 2.05) is 0 Å². The first-order chi connectivity index (χ1) is 18.1. The fraction of sp³-hybridized carbons (Fsp3) is 0.370. The molecule has 0 bridgehead atoms. The van der Waals surface area contributed by atoms with Crippen molar-refractivity contribution in [3.05, 3.63) is 77.6 Å². The third kappa shape index (κ3) is 3.99. The highest BCUT2D eigenvalue weighted by Crippen LogP contribution is 2.48. The van der Waals surface area contributed by atoms with E-state index < -0.39 is 32.6 Å². The second-order valence-corrected chi connectivity index (χ2v) is 12.1. The van der Waals surface area contributed by atoms with Crippen LogP contribution in [0.5, 0.6) is 5.75 Å². The molecule has 4 heterocycles. The largest absolute Gasteiger partial charge is 0.479 e. The minimum Gasteiger partial charge on any atom is -0.479 e. The molecule has 38 heavy (non-hydrogen) atoms. The van der Waals surface area contributed by atoms with E-state index >= 15 is 0 Å². The Morgan fingerprint density at radius 2 is 1.68 bits per heavy atom. The van der Waals surface area contributed by atoms with Gasteiger partial charge in [-0.3, -0.25) is 4.79 Å². The average Bonchev–Trinajstić information content (AvgIpc) is 3.61. The van der Waals surface area contributed by atoms with Gasteiger partial charge in [0.1, 0.15) is 11.4 Å². The molecule has 6 rings (SSSR count). The number of likely N-dealkylation sites (tertiary alicyclic amines) is 1. The lowest BCUT2D eigenvalue weighted by Crippen LogP contribution is -2.50. The van der Waals surface area contributed by atoms with E-state index in [4.69, 9.17) is 9.47 Å². The molecule has 2 fully saturated rings. The molecule has 3 aliphatic rings. The third-order valence-corrected chi connectivity index (χ3v) is 9.84. The number of alkyl halides is 3. The van der Waals surface area contributed by atoms with Crippen LogP contribution in [0.15, 0.2) is 65.6 Å². The van der Waals surface area contributed by atoms with E-state index in [1.165, 1.54) is 34.9 Å². The van der Waals surface area contributed by atoms with Crippen molar-refractivity contribution >= 4 is 15.7 Å². The van der Waals surface area contributed by atoms with Crippen LogP contribution in [-0.2, 0) is 26.4 Å². The van der Waals surface area contributed by atoms with Crippen LogP contribution in [0, 0.1) is 0 Å². The number of benzene rings is 2. The van der Waals surface area contributed by atoms with Gasteiger partial charge in [0.05, 0.1) is 28.1 Å². The van der Waals surface area contributed by atoms with Crippen molar-refractivity contribution < 1.29 is 35.9 Å². The van der Waals surface area contributed by atoms with Gasteiger partial charge >= 0.3 is 6.18 Å². The Labute approximate surface area is 217 Å². The van der Waals surface area contributed by atoms with E-state index in [0.29, 0.717) is 48.6 Å². The van der Waals surface area contributed by atoms with Gasteiger partial charge in [-0.05, 0) is 55.0 Å². The van der Waals surface area contributed by atoms with Crippen molar-refractivity contribution in [3.63, 3.8) is 0 Å². The average molecular weight is 547 g/mol. The van der Waals surface area contributed by atoms with Crippen LogP contribution in [0.2, 0.25) is 0 Å². The Kier molecular flexibility index (Phi) is 5.84. The zero-order valence-corrected chi connectivity index (χ0v) is 21.1. The predicted molar refractivity (Wildman–Crippen MR) is 131 cm³/mol. The third-order valence-electron chi connectivity index (χ3n) is 7.66. The van der Waals surface area contributed by atoms with Crippen LogP contribution in [0.3, 0.4) is 0 Å². The summed E-state index contributed by atoms with van der Waals surface area (Å²) in [6, 6.07) is 15.1. The van der Waals surface area contributed by atoms with E-state index in [-0.39, 0.29) is 30.5 Å². The number of hydrogen-bond acceptors (Lipinski definition) is 5. The summed E-state index contributed by atoms with van der Waals surface area (Å²) in [5, 5.41) is -0.584. The molecule has 7 nitrogen and oxygen atoms in total. The van der Waals surface area contributed by atoms with Gasteiger partial charge in [-0.2, -0.15) is 13.2 Å². The molecule has 2 saturated heterocycles. The monoisotopic (exact) mass is 546 g/mol. The van der Waals surface area contributed by atoms with Crippen molar-refractivity contribution in [2.75, 3.05) is 26.3 Å². The summed E-state index contributed by atoms with van der Waals surface area (Å²) in [5.41, 5.74) is -0.666. The minimum atomic E-state index is -4.54. The first-order valence-corrected chi connectivity index (χ1v) is 13.9. The minimum absolute atomic E-state index is 0.151. The van der Waals surface area contributed by atoms with Gasteiger partial charge in [0, 0.05) is 38.1 Å². The summed E-state index contributed by atoms with van der Waals surface area (Å²) >= 11 is 0. The van der Waals surface area contributed by atoms with Crippen molar-refractivity contribution in [3.8, 4) is 11.4 Å². The molecule has 1 atom stereocenters. The summed E-state index contributed by atoms with van der Waals surface area (Å²) in [5.74, 6) is 0.0986. The standard InChI is InChI=1S/C27H25F3N2O5S/c28-27(29,30)24-10-9-23-26(37-22-4-2-1-3-21(22)32(23)24)12-14-31(15-13-26)25(33)18-5-7-19(8-6-18)38(34,35)20-11-16-36-17-20/h1-10,20H,11-17H2/t20-/m0/s1. The molecular formula is C27H25F3N2O5S. The van der Waals surface area contributed by atoms with Crippen LogP contribution in [0.1, 0.15) is 41.0 Å². The van der Waals surface area contributed by atoms with Crippen LogP contribution in [0.4, 0.5) is 13.2 Å². The Hall–Kier alpha value is -3.31. The number of para-hydroxylation sites is 2. The molecule has 0 radical (unpaired) electrons. The Morgan fingerprint density at radius 1 is 0.974 bits per heavy atom. The van der Waals surface area contributed by atoms with Gasteiger partial charge in [0.2, 0.25) is 0 Å². The number of aromatic nitrogens is 1. The second-order valence-electron chi connectivity index (χ2n) is 9.85. The lowest BCUT2D eigenvalue weighted by molar-refractivity contribution is -0.143. The van der Waals surface area contributed by atoms with Crippen molar-refractivity contribution in [2.45, 2.75) is 41.2 Å². The Balaban J connectivity index is 1.23. The number of sulfone groups is 1. The summed E-state index contributed by atoms with van der Waals surface area (Å²) in [4.78, 5) is 15.0. The maximum Gasteiger partial charge on any atom is 0.431 e. The zero-order valence-electron chi connectivity index (χ0n) is 20.3. The normalized spacial score (nSPS) is 20.6. The molecule has 1 amide bonds. The molecule has 0 N–H and O–H groups in total. The predicted octanol–water partition coefficient (Wildman–Crippen LogP) is 4.58. The number of fused-ring (bicyclic) bond motifs is 4. The molecule has 0 aliphatic carbocycles. The molecule has 0 unspecified atom stereocenters. The molecule has 200 valence electrons. The maximum absolute atomic E-state index is 13.8. The highest BCUT2D eigenvalue weighted by Gasteiger charge is 2.48. The van der Waals surface area contributed by atoms with Crippen molar-refractivity contribution in [1.82, 2.24) is 9.47 Å². The van der Waals surface area contributed by atoms with E-state index in [0.717, 1.165) is 6.07 Å². The maximum atomic E-state index is 13.8. The molecule has 1 spiro atoms. The number of piperidine rings is 1. The summed E-state index contributed by atoms with van der Waals surface area (Å²) < 4.78 is 79.9. The molecule has 1 aromatic heterocycles. The van der Waals surface area contributed by atoms with Gasteiger partial charge in [0.25, 0.3) is 5.91 Å². The number of amides is 1. The molecule has 3 aromatic rings. The Bertz CT molecular complexity index is 1480. The van der Waals surface area contributed by atoms with Gasteiger partial charge in [-0.1, -0.05) is 12.1 Å². The number of carbonyl (C=O) groups excluding carboxylic acids is 1. The zero-order chi connectivity index (χ0) is 26.7. The van der Waals surface area contributed by atoms with Gasteiger partial charge in [-0.15, -0.1) is 0 Å². The van der Waals surface area contributed by atoms with E-state index in [1.54, 1.807) is 29.2 Å². The summed E-state index contributed by atoms with van der Waals surface area (Å²) in [6.07, 6.45) is -3.48. The van der Waals surface area contributed by atoms with E-state index in [9.17, 15) is 26.4 Å². The van der Waals surface area contributed by atoms with Crippen LogP contribution >= 0.6 is 0 Å². The molecule has 3 aliphatic heterocycles. The summed E-state index contributed by atoms with van der Waals surface area (Å²) in [7, 11) is -3.53. The fourth-order valence-corrected chi connectivity index (χ4v) is 7.20. The highest BCUT2D eigenvalue weighted by molar-refractivity contribution is 7.92. The first-order valence-electron chi connectivity index (χ1n) is 12.4. The quantitative estimate of drug-likeness (QED) is 0.481. The number of hydrogen-bond donors (Lipinski definition) is 0. The molecule has 0 saturated carbocycles. The van der Waals surface area contributed by atoms with Gasteiger partial charge < -0.3 is 18.9 Å². The van der Waals surface area contributed by atoms with Crippen LogP contribution in [0.25, 0.3) is 5.69 Å². The summed E-state index contributed by atoms with van der Waals surface area (Å²) in [6.45, 7) is 1.12. The number of ether oxygens (including phenoxy) is 2. The second kappa shape index (κ2) is 8.88. The number of rotatable bonds is 3. The lowest BCUT2D eigenvalue weighted by Gasteiger charge is -2.45. The molecule has 2 aromatic carbocycles. The fourth-order valence-electron chi connectivity index (χ4n) is 5.61. The van der Waals surface area contributed by atoms with Crippen molar-refractivity contribution in [2.24, 2.45) is 0 Å². The SMILES string of the molecule is O=C(c1ccc(S(=O)(=O)[C@H]2CCOC2)cc1)N1CCC2(CC1)Oc1ccccc1-n1c(C(F)(F)F)ccc12. The topological polar surface area (TPSA) is 77.8 Å². The smallest absolute Gasteiger partial charge is 0.431 e.